The Morgan fingerprint density at radius 3 is 2.83 bits per heavy atom. The summed E-state index contributed by atoms with van der Waals surface area (Å²) in [7, 11) is 0. The van der Waals surface area contributed by atoms with Crippen molar-refractivity contribution in [2.45, 2.75) is 31.4 Å². The summed E-state index contributed by atoms with van der Waals surface area (Å²) in [5.41, 5.74) is 0.851. The van der Waals surface area contributed by atoms with Crippen molar-refractivity contribution in [3.8, 4) is 0 Å². The van der Waals surface area contributed by atoms with Crippen molar-refractivity contribution in [2.24, 2.45) is 5.92 Å². The van der Waals surface area contributed by atoms with Gasteiger partial charge in [-0.05, 0) is 37.0 Å². The van der Waals surface area contributed by atoms with Crippen LogP contribution in [-0.4, -0.2) is 54.9 Å². The van der Waals surface area contributed by atoms with E-state index in [0.29, 0.717) is 26.2 Å². The Balaban J connectivity index is 1.68. The second-order valence-electron chi connectivity index (χ2n) is 6.57. The number of amides is 1. The van der Waals surface area contributed by atoms with Gasteiger partial charge in [-0.2, -0.15) is 0 Å². The number of nitrogens with zero attached hydrogens (tertiary/aromatic N) is 1. The smallest absolute Gasteiger partial charge is 0.225 e. The zero-order valence-corrected chi connectivity index (χ0v) is 13.8. The van der Waals surface area contributed by atoms with Crippen LogP contribution >= 0.6 is 0 Å². The number of ether oxygens (including phenoxy) is 1. The lowest BCUT2D eigenvalue weighted by molar-refractivity contribution is -0.127. The molecule has 3 atom stereocenters. The van der Waals surface area contributed by atoms with Gasteiger partial charge in [0.2, 0.25) is 5.91 Å². The number of halogens is 1. The lowest BCUT2D eigenvalue weighted by atomic mass is 10.0. The standard InChI is InChI=1S/C18H25FN2O3/c19-14-4-1-3-13(11-14)16(21-7-9-24-10-8-21)12-20-18(23)15-5-2-6-17(15)22/h1,3-4,11,15-17,22H,2,5-10,12H2,(H,20,23). The van der Waals surface area contributed by atoms with Crippen LogP contribution in [0.5, 0.6) is 0 Å². The Bertz CT molecular complexity index is 563. The van der Waals surface area contributed by atoms with Crippen LogP contribution in [0.15, 0.2) is 24.3 Å². The summed E-state index contributed by atoms with van der Waals surface area (Å²) in [6.07, 6.45) is 1.76. The fourth-order valence-corrected chi connectivity index (χ4v) is 3.64. The second kappa shape index (κ2) is 8.05. The summed E-state index contributed by atoms with van der Waals surface area (Å²) in [5, 5.41) is 12.9. The third-order valence-electron chi connectivity index (χ3n) is 5.01. The predicted molar refractivity (Wildman–Crippen MR) is 87.9 cm³/mol. The third kappa shape index (κ3) is 4.12. The molecule has 2 aliphatic rings. The molecule has 0 radical (unpaired) electrons. The molecule has 5 nitrogen and oxygen atoms in total. The van der Waals surface area contributed by atoms with Gasteiger partial charge in [0.05, 0.1) is 31.3 Å². The molecule has 1 aliphatic heterocycles. The molecule has 1 aromatic rings. The molecule has 24 heavy (non-hydrogen) atoms. The van der Waals surface area contributed by atoms with Crippen molar-refractivity contribution < 1.29 is 19.0 Å². The average Bonchev–Trinajstić information content (AvgIpc) is 3.02. The van der Waals surface area contributed by atoms with Crippen molar-refractivity contribution in [2.75, 3.05) is 32.8 Å². The first-order valence-electron chi connectivity index (χ1n) is 8.68. The molecule has 132 valence electrons. The highest BCUT2D eigenvalue weighted by Gasteiger charge is 2.32. The first kappa shape index (κ1) is 17.3. The number of aliphatic hydroxyl groups is 1. The van der Waals surface area contributed by atoms with Gasteiger partial charge in [0.1, 0.15) is 5.82 Å². The second-order valence-corrected chi connectivity index (χ2v) is 6.57. The highest BCUT2D eigenvalue weighted by atomic mass is 19.1. The lowest BCUT2D eigenvalue weighted by Gasteiger charge is -2.35. The number of morpholine rings is 1. The summed E-state index contributed by atoms with van der Waals surface area (Å²) in [6, 6.07) is 6.44. The lowest BCUT2D eigenvalue weighted by Crippen LogP contribution is -2.45. The van der Waals surface area contributed by atoms with Gasteiger partial charge in [-0.3, -0.25) is 9.69 Å². The Labute approximate surface area is 141 Å². The van der Waals surface area contributed by atoms with Crippen LogP contribution < -0.4 is 5.32 Å². The van der Waals surface area contributed by atoms with Crippen LogP contribution in [0.3, 0.4) is 0 Å². The fraction of sp³-hybridized carbons (Fsp3) is 0.611. The van der Waals surface area contributed by atoms with Crippen LogP contribution in [0.4, 0.5) is 4.39 Å². The molecule has 0 bridgehead atoms. The summed E-state index contributed by atoms with van der Waals surface area (Å²) < 4.78 is 19.0. The normalized spacial score (nSPS) is 26.2. The van der Waals surface area contributed by atoms with E-state index in [2.05, 4.69) is 10.2 Å². The van der Waals surface area contributed by atoms with Gasteiger partial charge in [-0.15, -0.1) is 0 Å². The molecule has 2 fully saturated rings. The maximum Gasteiger partial charge on any atom is 0.225 e. The van der Waals surface area contributed by atoms with Gasteiger partial charge in [-0.1, -0.05) is 12.1 Å². The van der Waals surface area contributed by atoms with E-state index in [1.165, 1.54) is 12.1 Å². The molecule has 3 unspecified atom stereocenters. The van der Waals surface area contributed by atoms with Crippen LogP contribution in [0, 0.1) is 11.7 Å². The molecule has 3 rings (SSSR count). The number of benzene rings is 1. The number of hydrogen-bond acceptors (Lipinski definition) is 4. The van der Waals surface area contributed by atoms with Gasteiger partial charge in [0.25, 0.3) is 0 Å². The molecular formula is C18H25FN2O3. The number of hydrogen-bond donors (Lipinski definition) is 2. The van der Waals surface area contributed by atoms with Gasteiger partial charge in [-0.25, -0.2) is 4.39 Å². The molecule has 2 N–H and O–H groups in total. The van der Waals surface area contributed by atoms with Crippen molar-refractivity contribution in [1.29, 1.82) is 0 Å². The Morgan fingerprint density at radius 2 is 2.17 bits per heavy atom. The molecule has 1 saturated heterocycles. The molecular weight excluding hydrogens is 311 g/mol. The van der Waals surface area contributed by atoms with Crippen LogP contribution in [0.1, 0.15) is 30.9 Å². The summed E-state index contributed by atoms with van der Waals surface area (Å²) in [6.45, 7) is 3.19. The molecule has 1 aromatic carbocycles. The van der Waals surface area contributed by atoms with Crippen LogP contribution in [0.25, 0.3) is 0 Å². The third-order valence-corrected chi connectivity index (χ3v) is 5.01. The van der Waals surface area contributed by atoms with Gasteiger partial charge in [0.15, 0.2) is 0 Å². The SMILES string of the molecule is O=C(NCC(c1cccc(F)c1)N1CCOCC1)C1CCCC1O. The minimum atomic E-state index is -0.541. The van der Waals surface area contributed by atoms with Crippen LogP contribution in [0.2, 0.25) is 0 Å². The quantitative estimate of drug-likeness (QED) is 0.855. The highest BCUT2D eigenvalue weighted by molar-refractivity contribution is 5.79. The van der Waals surface area contributed by atoms with E-state index in [9.17, 15) is 14.3 Å². The van der Waals surface area contributed by atoms with E-state index in [1.54, 1.807) is 6.07 Å². The van der Waals surface area contributed by atoms with Crippen molar-refractivity contribution in [3.05, 3.63) is 35.6 Å². The molecule has 0 spiro atoms. The summed E-state index contributed by atoms with van der Waals surface area (Å²) in [5.74, 6) is -0.694. The fourth-order valence-electron chi connectivity index (χ4n) is 3.64. The maximum atomic E-state index is 13.6. The molecule has 1 amide bonds. The topological polar surface area (TPSA) is 61.8 Å². The minimum absolute atomic E-state index is 0.0907. The number of carbonyl (C=O) groups excluding carboxylic acids is 1. The largest absolute Gasteiger partial charge is 0.392 e. The molecule has 0 aromatic heterocycles. The zero-order valence-electron chi connectivity index (χ0n) is 13.8. The number of carbonyl (C=O) groups is 1. The van der Waals surface area contributed by atoms with E-state index in [1.807, 2.05) is 6.07 Å². The van der Waals surface area contributed by atoms with Crippen molar-refractivity contribution in [1.82, 2.24) is 10.2 Å². The van der Waals surface area contributed by atoms with E-state index >= 15 is 0 Å². The maximum absolute atomic E-state index is 13.6. The first-order chi connectivity index (χ1) is 11.6. The predicted octanol–water partition coefficient (Wildman–Crippen LogP) is 1.48. The summed E-state index contributed by atoms with van der Waals surface area (Å²) in [4.78, 5) is 14.6. The molecule has 1 heterocycles. The van der Waals surface area contributed by atoms with Crippen molar-refractivity contribution >= 4 is 5.91 Å². The summed E-state index contributed by atoms with van der Waals surface area (Å²) >= 11 is 0. The highest BCUT2D eigenvalue weighted by Crippen LogP contribution is 2.26. The van der Waals surface area contributed by atoms with Gasteiger partial charge in [0, 0.05) is 19.6 Å². The zero-order chi connectivity index (χ0) is 16.9. The van der Waals surface area contributed by atoms with Crippen LogP contribution in [-0.2, 0) is 9.53 Å². The van der Waals surface area contributed by atoms with E-state index in [4.69, 9.17) is 4.74 Å². The first-order valence-corrected chi connectivity index (χ1v) is 8.68. The average molecular weight is 336 g/mol. The Kier molecular flexibility index (Phi) is 5.81. The number of nitrogens with one attached hydrogen (secondary N) is 1. The molecule has 1 aliphatic carbocycles. The number of aliphatic hydroxyl groups excluding tert-OH is 1. The van der Waals surface area contributed by atoms with E-state index in [0.717, 1.165) is 31.5 Å². The van der Waals surface area contributed by atoms with E-state index in [-0.39, 0.29) is 23.7 Å². The number of rotatable bonds is 5. The van der Waals surface area contributed by atoms with Gasteiger partial charge >= 0.3 is 0 Å². The van der Waals surface area contributed by atoms with E-state index < -0.39 is 6.10 Å². The van der Waals surface area contributed by atoms with Crippen molar-refractivity contribution in [3.63, 3.8) is 0 Å². The van der Waals surface area contributed by atoms with Gasteiger partial charge < -0.3 is 15.2 Å². The Hall–Kier alpha value is -1.50. The molecule has 1 saturated carbocycles. The molecule has 6 heteroatoms. The minimum Gasteiger partial charge on any atom is -0.392 e. The monoisotopic (exact) mass is 336 g/mol. The Morgan fingerprint density at radius 1 is 1.38 bits per heavy atom.